The number of halogens is 1. The fourth-order valence-corrected chi connectivity index (χ4v) is 2.01. The van der Waals surface area contributed by atoms with E-state index in [4.69, 9.17) is 16.9 Å². The zero-order valence-corrected chi connectivity index (χ0v) is 12.1. The lowest BCUT2D eigenvalue weighted by Crippen LogP contribution is -2.03. The first-order valence-electron chi connectivity index (χ1n) is 6.25. The Bertz CT molecular complexity index is 690. The molecule has 0 radical (unpaired) electrons. The second kappa shape index (κ2) is 6.78. The molecule has 2 aromatic rings. The maximum absolute atomic E-state index is 11.3. The smallest absolute Gasteiger partial charge is 0.337 e. The van der Waals surface area contributed by atoms with E-state index in [1.807, 2.05) is 12.1 Å². The molecule has 2 aromatic carbocycles. The Balaban J connectivity index is 2.08. The summed E-state index contributed by atoms with van der Waals surface area (Å²) in [6.07, 6.45) is 0. The second-order valence-corrected chi connectivity index (χ2v) is 4.78. The summed E-state index contributed by atoms with van der Waals surface area (Å²) in [5.74, 6) is -0.365. The molecule has 0 fully saturated rings. The molecule has 4 nitrogen and oxygen atoms in total. The Hall–Kier alpha value is -2.51. The maximum atomic E-state index is 11.3. The maximum Gasteiger partial charge on any atom is 0.337 e. The number of carbonyl (C=O) groups is 1. The predicted octanol–water partition coefficient (Wildman–Crippen LogP) is 3.61. The van der Waals surface area contributed by atoms with Gasteiger partial charge in [0.05, 0.1) is 23.9 Å². The van der Waals surface area contributed by atoms with Crippen molar-refractivity contribution in [3.8, 4) is 6.07 Å². The van der Waals surface area contributed by atoms with E-state index in [2.05, 4.69) is 16.1 Å². The second-order valence-electron chi connectivity index (χ2n) is 4.34. The molecule has 0 aliphatic carbocycles. The Morgan fingerprint density at radius 3 is 2.62 bits per heavy atom. The first kappa shape index (κ1) is 14.9. The topological polar surface area (TPSA) is 62.1 Å². The normalized spacial score (nSPS) is 9.76. The Kier molecular flexibility index (Phi) is 4.81. The summed E-state index contributed by atoms with van der Waals surface area (Å²) in [4.78, 5) is 11.3. The van der Waals surface area contributed by atoms with Gasteiger partial charge in [0.25, 0.3) is 0 Å². The molecule has 0 atom stereocenters. The number of hydrogen-bond acceptors (Lipinski definition) is 4. The Morgan fingerprint density at radius 2 is 2.00 bits per heavy atom. The van der Waals surface area contributed by atoms with Gasteiger partial charge in [-0.2, -0.15) is 5.26 Å². The molecule has 0 unspecified atom stereocenters. The summed E-state index contributed by atoms with van der Waals surface area (Å²) in [5.41, 5.74) is 2.70. The molecular formula is C16H13ClN2O2. The molecule has 0 spiro atoms. The van der Waals surface area contributed by atoms with Crippen molar-refractivity contribution in [2.24, 2.45) is 0 Å². The monoisotopic (exact) mass is 300 g/mol. The minimum atomic E-state index is -0.365. The minimum Gasteiger partial charge on any atom is -0.465 e. The largest absolute Gasteiger partial charge is 0.465 e. The SMILES string of the molecule is COC(=O)c1ccc(CNc2cc(Cl)ccc2C#N)cc1. The van der Waals surface area contributed by atoms with Gasteiger partial charge in [-0.1, -0.05) is 23.7 Å². The summed E-state index contributed by atoms with van der Waals surface area (Å²) < 4.78 is 4.64. The molecule has 0 saturated carbocycles. The van der Waals surface area contributed by atoms with Crippen LogP contribution in [-0.4, -0.2) is 13.1 Å². The van der Waals surface area contributed by atoms with Gasteiger partial charge in [0.2, 0.25) is 0 Å². The van der Waals surface area contributed by atoms with Crippen LogP contribution in [0.2, 0.25) is 5.02 Å². The first-order valence-corrected chi connectivity index (χ1v) is 6.62. The van der Waals surface area contributed by atoms with Crippen molar-refractivity contribution >= 4 is 23.3 Å². The fourth-order valence-electron chi connectivity index (χ4n) is 1.83. The van der Waals surface area contributed by atoms with Crippen LogP contribution in [0.15, 0.2) is 42.5 Å². The summed E-state index contributed by atoms with van der Waals surface area (Å²) in [6, 6.07) is 14.2. The van der Waals surface area contributed by atoms with Gasteiger partial charge in [-0.25, -0.2) is 4.79 Å². The number of methoxy groups -OCH3 is 1. The van der Waals surface area contributed by atoms with E-state index in [0.29, 0.717) is 28.4 Å². The van der Waals surface area contributed by atoms with E-state index in [1.165, 1.54) is 7.11 Å². The van der Waals surface area contributed by atoms with Crippen LogP contribution in [0.5, 0.6) is 0 Å². The highest BCUT2D eigenvalue weighted by molar-refractivity contribution is 6.30. The van der Waals surface area contributed by atoms with Crippen LogP contribution in [0.25, 0.3) is 0 Å². The predicted molar refractivity (Wildman–Crippen MR) is 81.3 cm³/mol. The molecule has 0 bridgehead atoms. The average molecular weight is 301 g/mol. The third kappa shape index (κ3) is 3.74. The summed E-state index contributed by atoms with van der Waals surface area (Å²) >= 11 is 5.93. The van der Waals surface area contributed by atoms with E-state index >= 15 is 0 Å². The van der Waals surface area contributed by atoms with Crippen molar-refractivity contribution in [3.05, 3.63) is 64.2 Å². The zero-order valence-electron chi connectivity index (χ0n) is 11.4. The van der Waals surface area contributed by atoms with Crippen molar-refractivity contribution in [2.45, 2.75) is 6.54 Å². The molecule has 0 amide bonds. The number of hydrogen-bond donors (Lipinski definition) is 1. The number of nitrogens with zero attached hydrogens (tertiary/aromatic N) is 1. The third-order valence-electron chi connectivity index (χ3n) is 2.96. The first-order chi connectivity index (χ1) is 10.1. The van der Waals surface area contributed by atoms with E-state index in [0.717, 1.165) is 5.56 Å². The van der Waals surface area contributed by atoms with Crippen molar-refractivity contribution in [1.82, 2.24) is 0 Å². The number of rotatable bonds is 4. The molecule has 0 saturated heterocycles. The molecule has 0 heterocycles. The third-order valence-corrected chi connectivity index (χ3v) is 3.20. The number of carbonyl (C=O) groups excluding carboxylic acids is 1. The highest BCUT2D eigenvalue weighted by Gasteiger charge is 2.05. The van der Waals surface area contributed by atoms with Crippen LogP contribution in [-0.2, 0) is 11.3 Å². The van der Waals surface area contributed by atoms with Crippen molar-refractivity contribution < 1.29 is 9.53 Å². The van der Waals surface area contributed by atoms with Crippen LogP contribution < -0.4 is 5.32 Å². The number of anilines is 1. The lowest BCUT2D eigenvalue weighted by molar-refractivity contribution is 0.0600. The Labute approximate surface area is 127 Å². The molecule has 0 aliphatic rings. The lowest BCUT2D eigenvalue weighted by atomic mass is 10.1. The number of nitriles is 1. The van der Waals surface area contributed by atoms with Gasteiger partial charge in [0, 0.05) is 11.6 Å². The van der Waals surface area contributed by atoms with E-state index < -0.39 is 0 Å². The van der Waals surface area contributed by atoms with Gasteiger partial charge in [-0.3, -0.25) is 0 Å². The molecule has 21 heavy (non-hydrogen) atoms. The van der Waals surface area contributed by atoms with Gasteiger partial charge < -0.3 is 10.1 Å². The van der Waals surface area contributed by atoms with Crippen LogP contribution in [0, 0.1) is 11.3 Å². The standard InChI is InChI=1S/C16H13ClN2O2/c1-21-16(20)12-4-2-11(3-5-12)10-19-15-8-14(17)7-6-13(15)9-18/h2-8,19H,10H2,1H3. The number of benzene rings is 2. The van der Waals surface area contributed by atoms with Crippen molar-refractivity contribution in [1.29, 1.82) is 5.26 Å². The van der Waals surface area contributed by atoms with Gasteiger partial charge in [-0.15, -0.1) is 0 Å². The average Bonchev–Trinajstić information content (AvgIpc) is 2.52. The molecular weight excluding hydrogens is 288 g/mol. The van der Waals surface area contributed by atoms with Crippen molar-refractivity contribution in [2.75, 3.05) is 12.4 Å². The van der Waals surface area contributed by atoms with Gasteiger partial charge in [0.1, 0.15) is 6.07 Å². The van der Waals surface area contributed by atoms with E-state index in [-0.39, 0.29) is 5.97 Å². The molecule has 106 valence electrons. The molecule has 0 aromatic heterocycles. The van der Waals surface area contributed by atoms with Gasteiger partial charge in [0.15, 0.2) is 0 Å². The molecule has 1 N–H and O–H groups in total. The lowest BCUT2D eigenvalue weighted by Gasteiger charge is -2.09. The summed E-state index contributed by atoms with van der Waals surface area (Å²) in [5, 5.41) is 12.8. The molecule has 5 heteroatoms. The van der Waals surface area contributed by atoms with Gasteiger partial charge >= 0.3 is 5.97 Å². The number of esters is 1. The molecule has 2 rings (SSSR count). The van der Waals surface area contributed by atoms with Gasteiger partial charge in [-0.05, 0) is 35.9 Å². The van der Waals surface area contributed by atoms with Crippen molar-refractivity contribution in [3.63, 3.8) is 0 Å². The van der Waals surface area contributed by atoms with Crippen LogP contribution in [0.4, 0.5) is 5.69 Å². The zero-order chi connectivity index (χ0) is 15.2. The summed E-state index contributed by atoms with van der Waals surface area (Å²) in [6.45, 7) is 0.524. The van der Waals surface area contributed by atoms with E-state index in [9.17, 15) is 4.79 Å². The van der Waals surface area contributed by atoms with Crippen LogP contribution >= 0.6 is 11.6 Å². The molecule has 0 aliphatic heterocycles. The number of nitrogens with one attached hydrogen (secondary N) is 1. The highest BCUT2D eigenvalue weighted by Crippen LogP contribution is 2.21. The summed E-state index contributed by atoms with van der Waals surface area (Å²) in [7, 11) is 1.35. The Morgan fingerprint density at radius 1 is 1.29 bits per heavy atom. The van der Waals surface area contributed by atoms with Crippen LogP contribution in [0.1, 0.15) is 21.5 Å². The number of ether oxygens (including phenoxy) is 1. The minimum absolute atomic E-state index is 0.365. The van der Waals surface area contributed by atoms with E-state index in [1.54, 1.807) is 30.3 Å². The highest BCUT2D eigenvalue weighted by atomic mass is 35.5. The quantitative estimate of drug-likeness (QED) is 0.876. The fraction of sp³-hybridized carbons (Fsp3) is 0.125. The van der Waals surface area contributed by atoms with Crippen LogP contribution in [0.3, 0.4) is 0 Å².